The zero-order valence-corrected chi connectivity index (χ0v) is 11.1. The second-order valence-corrected chi connectivity index (χ2v) is 4.99. The first-order valence-corrected chi connectivity index (χ1v) is 6.73. The van der Waals surface area contributed by atoms with Crippen molar-refractivity contribution in [2.45, 2.75) is 25.4 Å². The molecule has 3 rings (SSSR count). The highest BCUT2D eigenvalue weighted by Gasteiger charge is 2.23. The molecule has 0 amide bonds. The van der Waals surface area contributed by atoms with Crippen molar-refractivity contribution in [3.05, 3.63) is 59.4 Å². The summed E-state index contributed by atoms with van der Waals surface area (Å²) >= 11 is 0. The van der Waals surface area contributed by atoms with Crippen LogP contribution in [0.1, 0.15) is 40.4 Å². The van der Waals surface area contributed by atoms with Gasteiger partial charge in [-0.05, 0) is 36.5 Å². The third-order valence-electron chi connectivity index (χ3n) is 3.56. The van der Waals surface area contributed by atoms with Crippen LogP contribution < -0.4 is 5.73 Å². The Hall–Kier alpha value is -2.36. The average molecular weight is 268 g/mol. The van der Waals surface area contributed by atoms with Crippen molar-refractivity contribution >= 4 is 11.7 Å². The fraction of sp³-hybridized carbons (Fsp3) is 0.250. The summed E-state index contributed by atoms with van der Waals surface area (Å²) in [5.74, 6) is -0.369. The van der Waals surface area contributed by atoms with Gasteiger partial charge in [0.05, 0.1) is 11.3 Å². The van der Waals surface area contributed by atoms with Gasteiger partial charge in [0.1, 0.15) is 6.10 Å². The third kappa shape index (κ3) is 2.50. The van der Waals surface area contributed by atoms with Crippen LogP contribution in [-0.4, -0.2) is 11.0 Å². The predicted octanol–water partition coefficient (Wildman–Crippen LogP) is 2.90. The average Bonchev–Trinajstić information content (AvgIpc) is 2.47. The van der Waals surface area contributed by atoms with Gasteiger partial charge in [-0.15, -0.1) is 0 Å². The Morgan fingerprint density at radius 1 is 1.30 bits per heavy atom. The third-order valence-corrected chi connectivity index (χ3v) is 3.56. The number of nitrogen functional groups attached to an aromatic ring is 1. The number of nitrogens with two attached hydrogens (primary N) is 1. The van der Waals surface area contributed by atoms with Gasteiger partial charge in [0, 0.05) is 12.4 Å². The maximum absolute atomic E-state index is 12.2. The number of rotatable bonds is 2. The molecule has 0 saturated carbocycles. The Labute approximate surface area is 117 Å². The van der Waals surface area contributed by atoms with Crippen LogP contribution in [0.3, 0.4) is 0 Å². The number of carbonyl (C=O) groups is 1. The zero-order valence-electron chi connectivity index (χ0n) is 11.1. The number of benzene rings is 1. The number of carbonyl (C=O) groups excluding carboxylic acids is 1. The predicted molar refractivity (Wildman–Crippen MR) is 76.2 cm³/mol. The highest BCUT2D eigenvalue weighted by Crippen LogP contribution is 2.32. The number of pyridine rings is 1. The smallest absolute Gasteiger partial charge is 0.340 e. The van der Waals surface area contributed by atoms with E-state index in [9.17, 15) is 4.79 Å². The molecule has 4 nitrogen and oxygen atoms in total. The summed E-state index contributed by atoms with van der Waals surface area (Å²) in [7, 11) is 0. The molecule has 1 unspecified atom stereocenters. The standard InChI is InChI=1S/C16H16N2O2/c17-13-8-12(9-18-10-13)16(19)20-15-7-3-5-11-4-1-2-6-14(11)15/h1-2,4,6,8-10,15H,3,5,7,17H2. The number of aromatic nitrogens is 1. The quantitative estimate of drug-likeness (QED) is 0.850. The Morgan fingerprint density at radius 2 is 2.15 bits per heavy atom. The van der Waals surface area contributed by atoms with E-state index >= 15 is 0 Å². The minimum atomic E-state index is -0.369. The van der Waals surface area contributed by atoms with E-state index in [1.165, 1.54) is 18.0 Å². The molecule has 1 heterocycles. The highest BCUT2D eigenvalue weighted by molar-refractivity contribution is 5.90. The van der Waals surface area contributed by atoms with Crippen molar-refractivity contribution in [1.82, 2.24) is 4.98 Å². The van der Waals surface area contributed by atoms with Crippen LogP contribution in [0.15, 0.2) is 42.7 Å². The molecule has 1 aliphatic carbocycles. The molecule has 0 spiro atoms. The number of nitrogens with zero attached hydrogens (tertiary/aromatic N) is 1. The van der Waals surface area contributed by atoms with E-state index in [0.29, 0.717) is 11.3 Å². The summed E-state index contributed by atoms with van der Waals surface area (Å²) in [4.78, 5) is 16.1. The molecule has 1 atom stereocenters. The number of ether oxygens (including phenoxy) is 1. The van der Waals surface area contributed by atoms with Gasteiger partial charge < -0.3 is 10.5 Å². The molecule has 2 aromatic rings. The molecule has 1 aromatic carbocycles. The molecule has 20 heavy (non-hydrogen) atoms. The van der Waals surface area contributed by atoms with Crippen molar-refractivity contribution in [3.8, 4) is 0 Å². The largest absolute Gasteiger partial charge is 0.454 e. The topological polar surface area (TPSA) is 65.2 Å². The molecular weight excluding hydrogens is 252 g/mol. The normalized spacial score (nSPS) is 17.3. The van der Waals surface area contributed by atoms with Crippen LogP contribution in [0, 0.1) is 0 Å². The van der Waals surface area contributed by atoms with Crippen LogP contribution in [-0.2, 0) is 11.2 Å². The fourth-order valence-corrected chi connectivity index (χ4v) is 2.60. The maximum atomic E-state index is 12.2. The van der Waals surface area contributed by atoms with Gasteiger partial charge in [0.25, 0.3) is 0 Å². The van der Waals surface area contributed by atoms with Crippen LogP contribution in [0.25, 0.3) is 0 Å². The lowest BCUT2D eigenvalue weighted by Gasteiger charge is -2.25. The molecule has 0 saturated heterocycles. The number of hydrogen-bond donors (Lipinski definition) is 1. The lowest BCUT2D eigenvalue weighted by molar-refractivity contribution is 0.0256. The Balaban J connectivity index is 1.81. The van der Waals surface area contributed by atoms with E-state index in [-0.39, 0.29) is 12.1 Å². The van der Waals surface area contributed by atoms with E-state index in [1.54, 1.807) is 6.07 Å². The summed E-state index contributed by atoms with van der Waals surface area (Å²) in [5, 5.41) is 0. The van der Waals surface area contributed by atoms with Crippen LogP contribution in [0.2, 0.25) is 0 Å². The zero-order chi connectivity index (χ0) is 13.9. The van der Waals surface area contributed by atoms with Crippen molar-refractivity contribution in [2.24, 2.45) is 0 Å². The first-order chi connectivity index (χ1) is 9.74. The molecule has 1 aliphatic rings. The Morgan fingerprint density at radius 3 is 3.00 bits per heavy atom. The second kappa shape index (κ2) is 5.33. The molecule has 0 aliphatic heterocycles. The van der Waals surface area contributed by atoms with E-state index in [2.05, 4.69) is 11.1 Å². The van der Waals surface area contributed by atoms with Gasteiger partial charge in [0.2, 0.25) is 0 Å². The van der Waals surface area contributed by atoms with Crippen molar-refractivity contribution in [1.29, 1.82) is 0 Å². The molecule has 0 bridgehead atoms. The number of hydrogen-bond acceptors (Lipinski definition) is 4. The van der Waals surface area contributed by atoms with Gasteiger partial charge in [0.15, 0.2) is 0 Å². The molecular formula is C16H16N2O2. The molecule has 0 fully saturated rings. The van der Waals surface area contributed by atoms with Crippen LogP contribution in [0.4, 0.5) is 5.69 Å². The van der Waals surface area contributed by atoms with Crippen LogP contribution in [0.5, 0.6) is 0 Å². The number of aryl methyl sites for hydroxylation is 1. The summed E-state index contributed by atoms with van der Waals surface area (Å²) in [6.45, 7) is 0. The van der Waals surface area contributed by atoms with Gasteiger partial charge in [-0.2, -0.15) is 0 Å². The van der Waals surface area contributed by atoms with Crippen LogP contribution >= 0.6 is 0 Å². The van der Waals surface area contributed by atoms with Gasteiger partial charge in [-0.25, -0.2) is 4.79 Å². The molecule has 2 N–H and O–H groups in total. The lowest BCUT2D eigenvalue weighted by atomic mass is 9.89. The van der Waals surface area contributed by atoms with E-state index in [4.69, 9.17) is 10.5 Å². The lowest BCUT2D eigenvalue weighted by Crippen LogP contribution is -2.17. The summed E-state index contributed by atoms with van der Waals surface area (Å²) in [6.07, 6.45) is 5.75. The minimum absolute atomic E-state index is 0.172. The Kier molecular flexibility index (Phi) is 3.37. The first-order valence-electron chi connectivity index (χ1n) is 6.73. The van der Waals surface area contributed by atoms with Crippen molar-refractivity contribution in [3.63, 3.8) is 0 Å². The highest BCUT2D eigenvalue weighted by atomic mass is 16.5. The molecule has 102 valence electrons. The molecule has 4 heteroatoms. The second-order valence-electron chi connectivity index (χ2n) is 4.99. The van der Waals surface area contributed by atoms with Gasteiger partial charge >= 0.3 is 5.97 Å². The van der Waals surface area contributed by atoms with E-state index in [0.717, 1.165) is 24.8 Å². The summed E-state index contributed by atoms with van der Waals surface area (Å²) in [6, 6.07) is 9.71. The SMILES string of the molecule is Nc1cncc(C(=O)OC2CCCc3ccccc32)c1. The summed E-state index contributed by atoms with van der Waals surface area (Å²) < 4.78 is 5.62. The van der Waals surface area contributed by atoms with Gasteiger partial charge in [-0.3, -0.25) is 4.98 Å². The maximum Gasteiger partial charge on any atom is 0.340 e. The van der Waals surface area contributed by atoms with E-state index < -0.39 is 0 Å². The number of esters is 1. The molecule has 0 radical (unpaired) electrons. The number of anilines is 1. The first kappa shape index (κ1) is 12.7. The molecule has 1 aromatic heterocycles. The van der Waals surface area contributed by atoms with Crippen molar-refractivity contribution in [2.75, 3.05) is 5.73 Å². The van der Waals surface area contributed by atoms with Gasteiger partial charge in [-0.1, -0.05) is 24.3 Å². The van der Waals surface area contributed by atoms with Crippen molar-refractivity contribution < 1.29 is 9.53 Å². The minimum Gasteiger partial charge on any atom is -0.454 e. The fourth-order valence-electron chi connectivity index (χ4n) is 2.60. The number of fused-ring (bicyclic) bond motifs is 1. The Bertz CT molecular complexity index is 640. The van der Waals surface area contributed by atoms with E-state index in [1.807, 2.05) is 18.2 Å². The summed E-state index contributed by atoms with van der Waals surface area (Å²) in [5.41, 5.74) is 8.87. The monoisotopic (exact) mass is 268 g/mol.